The molecule has 0 saturated heterocycles. The molecule has 2 heteroatoms. The van der Waals surface area contributed by atoms with Gasteiger partial charge in [0.05, 0.1) is 6.61 Å². The molecular weight excluding hydrogens is 387 g/mol. The molecule has 1 nitrogen and oxygen atoms in total. The zero-order valence-corrected chi connectivity index (χ0v) is 18.4. The van der Waals surface area contributed by atoms with E-state index in [1.807, 2.05) is 18.2 Å². The minimum Gasteiger partial charge on any atom is -0.377 e. The quantitative estimate of drug-likeness (QED) is 0.230. The van der Waals surface area contributed by atoms with Crippen molar-refractivity contribution < 1.29 is 4.74 Å². The van der Waals surface area contributed by atoms with Crippen LogP contribution < -0.4 is 16.4 Å². The van der Waals surface area contributed by atoms with Crippen molar-refractivity contribution in [3.63, 3.8) is 0 Å². The lowest BCUT2D eigenvalue weighted by Crippen LogP contribution is -2.66. The lowest BCUT2D eigenvalue weighted by molar-refractivity contribution is 0.119. The summed E-state index contributed by atoms with van der Waals surface area (Å²) in [6.07, 6.45) is 0.352. The lowest BCUT2D eigenvalue weighted by Gasteiger charge is -2.38. The highest BCUT2D eigenvalue weighted by Crippen LogP contribution is 2.08. The van der Waals surface area contributed by atoms with Crippen molar-refractivity contribution in [3.05, 3.63) is 127 Å². The summed E-state index contributed by atoms with van der Waals surface area (Å²) in [4.78, 5) is 0. The fourth-order valence-corrected chi connectivity index (χ4v) is 4.30. The molecular formula is C30H28BO-. The fourth-order valence-electron chi connectivity index (χ4n) is 4.30. The highest BCUT2D eigenvalue weighted by atomic mass is 16.5. The molecule has 0 heterocycles. The highest BCUT2D eigenvalue weighted by Gasteiger charge is 2.27. The van der Waals surface area contributed by atoms with Gasteiger partial charge < -0.3 is 4.74 Å². The molecule has 32 heavy (non-hydrogen) atoms. The molecule has 0 N–H and O–H groups in total. The van der Waals surface area contributed by atoms with E-state index in [0.717, 1.165) is 12.8 Å². The Labute approximate surface area is 192 Å². The molecule has 0 unspecified atom stereocenters. The number of rotatable bonds is 8. The van der Waals surface area contributed by atoms with E-state index < -0.39 is 6.15 Å². The molecule has 4 aromatic rings. The van der Waals surface area contributed by atoms with Gasteiger partial charge in [-0.1, -0.05) is 121 Å². The molecule has 0 atom stereocenters. The third-order valence-corrected chi connectivity index (χ3v) is 5.92. The van der Waals surface area contributed by atoms with Crippen LogP contribution in [0.2, 0.25) is 0 Å². The van der Waals surface area contributed by atoms with E-state index >= 15 is 0 Å². The normalized spacial score (nSPS) is 10.9. The Kier molecular flexibility index (Phi) is 7.58. The summed E-state index contributed by atoms with van der Waals surface area (Å²) in [5, 5.41) is 0. The summed E-state index contributed by atoms with van der Waals surface area (Å²) in [5.74, 6) is 7.27. The Bertz CT molecular complexity index is 1030. The van der Waals surface area contributed by atoms with Crippen molar-refractivity contribution in [1.82, 2.24) is 0 Å². The van der Waals surface area contributed by atoms with E-state index in [-0.39, 0.29) is 0 Å². The average Bonchev–Trinajstić information content (AvgIpc) is 2.88. The van der Waals surface area contributed by atoms with Crippen LogP contribution in [0, 0.1) is 11.7 Å². The van der Waals surface area contributed by atoms with E-state index in [0.29, 0.717) is 13.2 Å². The zero-order valence-electron chi connectivity index (χ0n) is 18.4. The predicted molar refractivity (Wildman–Crippen MR) is 137 cm³/mol. The van der Waals surface area contributed by atoms with Gasteiger partial charge in [-0.05, 0) is 12.0 Å². The number of hydrogen-bond acceptors (Lipinski definition) is 1. The maximum atomic E-state index is 5.84. The van der Waals surface area contributed by atoms with Crippen molar-refractivity contribution in [1.29, 1.82) is 0 Å². The topological polar surface area (TPSA) is 9.23 Å². The standard InChI is InChI=1S/C30H28BO/c1-6-16-27(17-7-1)26-32-25-15-5-14-24-31(28-18-8-2-9-19-28,29-20-10-3-11-21-29)30-22-12-4-13-23-30/h1-4,6-13,16-23H,5,15,25-26H2/q-1. The first-order valence-corrected chi connectivity index (χ1v) is 11.3. The van der Waals surface area contributed by atoms with Crippen molar-refractivity contribution >= 4 is 22.5 Å². The third kappa shape index (κ3) is 5.20. The van der Waals surface area contributed by atoms with E-state index in [2.05, 4.69) is 115 Å². The summed E-state index contributed by atoms with van der Waals surface area (Å²) < 4.78 is 5.84. The molecule has 0 aliphatic rings. The van der Waals surface area contributed by atoms with Gasteiger partial charge in [0.25, 0.3) is 0 Å². The monoisotopic (exact) mass is 415 g/mol. The molecule has 4 aromatic carbocycles. The van der Waals surface area contributed by atoms with Gasteiger partial charge >= 0.3 is 0 Å². The molecule has 0 aliphatic heterocycles. The SMILES string of the molecule is C(#C[B-](c1ccccc1)(c1ccccc1)c1ccccc1)CCCOCc1ccccc1. The molecule has 0 radical (unpaired) electrons. The van der Waals surface area contributed by atoms with Crippen LogP contribution >= 0.6 is 0 Å². The molecule has 0 aliphatic carbocycles. The van der Waals surface area contributed by atoms with Gasteiger partial charge in [-0.15, -0.1) is 5.92 Å². The molecule has 0 bridgehead atoms. The highest BCUT2D eigenvalue weighted by molar-refractivity contribution is 7.16. The molecule has 4 rings (SSSR count). The summed E-state index contributed by atoms with van der Waals surface area (Å²) in [6.45, 7) is 1.37. The molecule has 0 spiro atoms. The van der Waals surface area contributed by atoms with Crippen LogP contribution in [0.25, 0.3) is 0 Å². The van der Waals surface area contributed by atoms with Crippen LogP contribution in [0.4, 0.5) is 0 Å². The maximum Gasteiger partial charge on any atom is 0.149 e. The van der Waals surface area contributed by atoms with Crippen LogP contribution in [0.15, 0.2) is 121 Å². The molecule has 0 fully saturated rings. The first-order valence-electron chi connectivity index (χ1n) is 11.3. The minimum absolute atomic E-state index is 0.653. The second-order valence-electron chi connectivity index (χ2n) is 8.06. The number of hydrogen-bond donors (Lipinski definition) is 0. The molecule has 0 aromatic heterocycles. The zero-order chi connectivity index (χ0) is 21.9. The largest absolute Gasteiger partial charge is 0.377 e. The van der Waals surface area contributed by atoms with Crippen LogP contribution in [-0.2, 0) is 11.3 Å². The fraction of sp³-hybridized carbons (Fsp3) is 0.133. The van der Waals surface area contributed by atoms with Crippen LogP contribution in [0.3, 0.4) is 0 Å². The van der Waals surface area contributed by atoms with Gasteiger partial charge in [0.15, 0.2) is 0 Å². The van der Waals surface area contributed by atoms with Crippen molar-refractivity contribution in [3.8, 4) is 11.7 Å². The Balaban J connectivity index is 1.57. The Hall–Kier alpha value is -3.54. The Morgan fingerprint density at radius 2 is 1.00 bits per heavy atom. The van der Waals surface area contributed by atoms with Crippen molar-refractivity contribution in [2.75, 3.05) is 6.61 Å². The summed E-state index contributed by atoms with van der Waals surface area (Å²) >= 11 is 0. The summed E-state index contributed by atoms with van der Waals surface area (Å²) in [5.41, 5.74) is 4.95. The first-order chi connectivity index (χ1) is 15.9. The summed E-state index contributed by atoms with van der Waals surface area (Å²) in [6, 6.07) is 42.4. The van der Waals surface area contributed by atoms with E-state index in [1.165, 1.54) is 22.0 Å². The van der Waals surface area contributed by atoms with Crippen molar-refractivity contribution in [2.24, 2.45) is 0 Å². The second kappa shape index (κ2) is 11.2. The Morgan fingerprint density at radius 1 is 0.562 bits per heavy atom. The van der Waals surface area contributed by atoms with E-state index in [4.69, 9.17) is 4.74 Å². The predicted octanol–water partition coefficient (Wildman–Crippen LogP) is 4.70. The van der Waals surface area contributed by atoms with Gasteiger partial charge in [0.2, 0.25) is 0 Å². The first kappa shape index (κ1) is 21.7. The van der Waals surface area contributed by atoms with Gasteiger partial charge in [0.1, 0.15) is 6.15 Å². The van der Waals surface area contributed by atoms with Crippen LogP contribution in [-0.4, -0.2) is 12.8 Å². The smallest absolute Gasteiger partial charge is 0.149 e. The molecule has 0 saturated carbocycles. The Morgan fingerprint density at radius 3 is 1.47 bits per heavy atom. The minimum atomic E-state index is -1.38. The number of benzene rings is 4. The third-order valence-electron chi connectivity index (χ3n) is 5.92. The van der Waals surface area contributed by atoms with Gasteiger partial charge in [-0.3, -0.25) is 5.82 Å². The van der Waals surface area contributed by atoms with Crippen LogP contribution in [0.5, 0.6) is 0 Å². The molecule has 0 amide bonds. The van der Waals surface area contributed by atoms with Gasteiger partial charge in [0, 0.05) is 13.0 Å². The number of unbranched alkanes of at least 4 members (excludes halogenated alkanes) is 1. The maximum absolute atomic E-state index is 5.84. The average molecular weight is 415 g/mol. The second-order valence-corrected chi connectivity index (χ2v) is 8.06. The van der Waals surface area contributed by atoms with E-state index in [9.17, 15) is 0 Å². The summed E-state index contributed by atoms with van der Waals surface area (Å²) in [7, 11) is 0. The van der Waals surface area contributed by atoms with E-state index in [1.54, 1.807) is 0 Å². The molecule has 158 valence electrons. The van der Waals surface area contributed by atoms with Gasteiger partial charge in [-0.2, -0.15) is 16.4 Å². The van der Waals surface area contributed by atoms with Gasteiger partial charge in [-0.25, -0.2) is 0 Å². The lowest BCUT2D eigenvalue weighted by atomic mass is 9.16. The number of ether oxygens (including phenoxy) is 1. The van der Waals surface area contributed by atoms with Crippen LogP contribution in [0.1, 0.15) is 18.4 Å². The van der Waals surface area contributed by atoms with Crippen molar-refractivity contribution in [2.45, 2.75) is 19.4 Å².